The Bertz CT molecular complexity index is 717. The zero-order valence-corrected chi connectivity index (χ0v) is 12.7. The van der Waals surface area contributed by atoms with Gasteiger partial charge in [0.2, 0.25) is 10.0 Å². The Morgan fingerprint density at radius 1 is 1.33 bits per heavy atom. The zero-order chi connectivity index (χ0) is 15.5. The van der Waals surface area contributed by atoms with E-state index in [2.05, 4.69) is 4.98 Å². The lowest BCUT2D eigenvalue weighted by atomic mass is 10.3. The van der Waals surface area contributed by atoms with E-state index in [1.807, 2.05) is 6.07 Å². The van der Waals surface area contributed by atoms with Gasteiger partial charge in [-0.2, -0.15) is 4.31 Å². The number of hydrogen-bond acceptors (Lipinski definition) is 5. The van der Waals surface area contributed by atoms with Gasteiger partial charge in [0.15, 0.2) is 0 Å². The first-order chi connectivity index (χ1) is 9.95. The molecule has 6 nitrogen and oxygen atoms in total. The van der Waals surface area contributed by atoms with Crippen molar-refractivity contribution in [3.63, 3.8) is 0 Å². The van der Waals surface area contributed by atoms with Crippen molar-refractivity contribution < 1.29 is 13.2 Å². The molecule has 112 valence electrons. The number of nitrogens with two attached hydrogens (primary N) is 1. The van der Waals surface area contributed by atoms with Gasteiger partial charge in [-0.15, -0.1) is 0 Å². The number of ether oxygens (including phenoxy) is 1. The summed E-state index contributed by atoms with van der Waals surface area (Å²) in [5.74, 6) is 0.448. The standard InChI is InChI=1S/C14H17N3O3S/c1-17(10-11-4-3-7-16-9-11)21(18,19)12-5-6-14(20-2)13(15)8-12/h3-9H,10,15H2,1-2H3. The molecule has 2 rings (SSSR count). The Hall–Kier alpha value is -2.12. The average Bonchev–Trinajstić information content (AvgIpc) is 2.48. The SMILES string of the molecule is COc1ccc(S(=O)(=O)N(C)Cc2cccnc2)cc1N. The van der Waals surface area contributed by atoms with Crippen LogP contribution in [0.25, 0.3) is 0 Å². The summed E-state index contributed by atoms with van der Waals surface area (Å²) in [6, 6.07) is 8.00. The highest BCUT2D eigenvalue weighted by molar-refractivity contribution is 7.89. The van der Waals surface area contributed by atoms with Gasteiger partial charge < -0.3 is 10.5 Å². The summed E-state index contributed by atoms with van der Waals surface area (Å²) in [7, 11) is -0.617. The maximum atomic E-state index is 12.5. The Labute approximate surface area is 124 Å². The van der Waals surface area contributed by atoms with Crippen LogP contribution in [0.5, 0.6) is 5.75 Å². The predicted molar refractivity (Wildman–Crippen MR) is 80.3 cm³/mol. The van der Waals surface area contributed by atoms with Crippen LogP contribution in [0, 0.1) is 0 Å². The molecule has 0 aliphatic carbocycles. The molecular weight excluding hydrogens is 290 g/mol. The van der Waals surface area contributed by atoms with E-state index < -0.39 is 10.0 Å². The molecule has 1 heterocycles. The first-order valence-corrected chi connectivity index (χ1v) is 7.68. The van der Waals surface area contributed by atoms with Crippen LogP contribution in [-0.2, 0) is 16.6 Å². The van der Waals surface area contributed by atoms with Crippen molar-refractivity contribution in [3.05, 3.63) is 48.3 Å². The fourth-order valence-corrected chi connectivity index (χ4v) is 3.08. The van der Waals surface area contributed by atoms with Crippen LogP contribution in [0.4, 0.5) is 5.69 Å². The van der Waals surface area contributed by atoms with Gasteiger partial charge in [0, 0.05) is 26.0 Å². The van der Waals surface area contributed by atoms with E-state index in [4.69, 9.17) is 10.5 Å². The molecule has 2 N–H and O–H groups in total. The lowest BCUT2D eigenvalue weighted by Gasteiger charge is -2.17. The van der Waals surface area contributed by atoms with E-state index in [-0.39, 0.29) is 17.1 Å². The van der Waals surface area contributed by atoms with E-state index in [0.717, 1.165) is 5.56 Å². The molecule has 0 aliphatic rings. The monoisotopic (exact) mass is 307 g/mol. The Kier molecular flexibility index (Phi) is 4.44. The van der Waals surface area contributed by atoms with E-state index in [1.165, 1.54) is 30.6 Å². The van der Waals surface area contributed by atoms with Crippen molar-refractivity contribution >= 4 is 15.7 Å². The molecule has 0 aliphatic heterocycles. The summed E-state index contributed by atoms with van der Waals surface area (Å²) in [4.78, 5) is 4.10. The molecule has 0 radical (unpaired) electrons. The van der Waals surface area contributed by atoms with Crippen LogP contribution < -0.4 is 10.5 Å². The minimum absolute atomic E-state index is 0.132. The van der Waals surface area contributed by atoms with Crippen molar-refractivity contribution in [1.29, 1.82) is 0 Å². The van der Waals surface area contributed by atoms with E-state index in [1.54, 1.807) is 24.5 Å². The Morgan fingerprint density at radius 2 is 2.10 bits per heavy atom. The summed E-state index contributed by atoms with van der Waals surface area (Å²) in [5.41, 5.74) is 6.86. The smallest absolute Gasteiger partial charge is 0.243 e. The molecule has 0 bridgehead atoms. The van der Waals surface area contributed by atoms with Gasteiger partial charge in [0.05, 0.1) is 17.7 Å². The highest BCUT2D eigenvalue weighted by atomic mass is 32.2. The zero-order valence-electron chi connectivity index (χ0n) is 11.9. The second-order valence-corrected chi connectivity index (χ2v) is 6.57. The molecule has 7 heteroatoms. The first kappa shape index (κ1) is 15.3. The lowest BCUT2D eigenvalue weighted by molar-refractivity contribution is 0.416. The van der Waals surface area contributed by atoms with Crippen LogP contribution in [0.1, 0.15) is 5.56 Å². The molecule has 0 atom stereocenters. The van der Waals surface area contributed by atoms with Gasteiger partial charge in [-0.05, 0) is 29.8 Å². The largest absolute Gasteiger partial charge is 0.495 e. The summed E-state index contributed by atoms with van der Waals surface area (Å²) < 4.78 is 31.3. The molecule has 0 saturated heterocycles. The lowest BCUT2D eigenvalue weighted by Crippen LogP contribution is -2.26. The molecule has 0 saturated carbocycles. The fraction of sp³-hybridized carbons (Fsp3) is 0.214. The normalized spacial score (nSPS) is 11.6. The summed E-state index contributed by atoms with van der Waals surface area (Å²) in [5, 5.41) is 0. The molecule has 21 heavy (non-hydrogen) atoms. The number of nitrogen functional groups attached to an aromatic ring is 1. The van der Waals surface area contributed by atoms with Crippen LogP contribution >= 0.6 is 0 Å². The highest BCUT2D eigenvalue weighted by Gasteiger charge is 2.21. The molecule has 0 unspecified atom stereocenters. The maximum Gasteiger partial charge on any atom is 0.243 e. The van der Waals surface area contributed by atoms with Crippen LogP contribution in [0.3, 0.4) is 0 Å². The number of methoxy groups -OCH3 is 1. The number of anilines is 1. The molecule has 0 spiro atoms. The third-order valence-corrected chi connectivity index (χ3v) is 4.84. The topological polar surface area (TPSA) is 85.5 Å². The van der Waals surface area contributed by atoms with Crippen LogP contribution in [0.2, 0.25) is 0 Å². The molecule has 1 aromatic heterocycles. The third-order valence-electron chi connectivity index (χ3n) is 3.04. The van der Waals surface area contributed by atoms with E-state index in [0.29, 0.717) is 5.75 Å². The number of rotatable bonds is 5. The van der Waals surface area contributed by atoms with Gasteiger partial charge in [-0.1, -0.05) is 6.07 Å². The molecule has 2 aromatic rings. The average molecular weight is 307 g/mol. The maximum absolute atomic E-state index is 12.5. The number of hydrogen-bond donors (Lipinski definition) is 1. The van der Waals surface area contributed by atoms with Crippen molar-refractivity contribution in [3.8, 4) is 5.75 Å². The Balaban J connectivity index is 2.27. The van der Waals surface area contributed by atoms with Gasteiger partial charge in [0.1, 0.15) is 5.75 Å². The molecule has 0 fully saturated rings. The number of benzene rings is 1. The summed E-state index contributed by atoms with van der Waals surface area (Å²) in [6.45, 7) is 0.238. The molecular formula is C14H17N3O3S. The van der Waals surface area contributed by atoms with E-state index in [9.17, 15) is 8.42 Å². The summed E-state index contributed by atoms with van der Waals surface area (Å²) >= 11 is 0. The fourth-order valence-electron chi connectivity index (χ4n) is 1.89. The van der Waals surface area contributed by atoms with Crippen molar-refractivity contribution in [1.82, 2.24) is 9.29 Å². The van der Waals surface area contributed by atoms with Gasteiger partial charge in [0.25, 0.3) is 0 Å². The predicted octanol–water partition coefficient (Wildman–Crippen LogP) is 1.49. The van der Waals surface area contributed by atoms with E-state index >= 15 is 0 Å². The van der Waals surface area contributed by atoms with Gasteiger partial charge in [-0.3, -0.25) is 4.98 Å². The van der Waals surface area contributed by atoms with Gasteiger partial charge >= 0.3 is 0 Å². The van der Waals surface area contributed by atoms with Crippen molar-refractivity contribution in [2.24, 2.45) is 0 Å². The van der Waals surface area contributed by atoms with Crippen LogP contribution in [-0.4, -0.2) is 31.9 Å². The second kappa shape index (κ2) is 6.11. The minimum Gasteiger partial charge on any atom is -0.495 e. The first-order valence-electron chi connectivity index (χ1n) is 6.24. The summed E-state index contributed by atoms with van der Waals surface area (Å²) in [6.07, 6.45) is 3.27. The third kappa shape index (κ3) is 3.32. The van der Waals surface area contributed by atoms with Crippen LogP contribution in [0.15, 0.2) is 47.6 Å². The van der Waals surface area contributed by atoms with Crippen molar-refractivity contribution in [2.45, 2.75) is 11.4 Å². The quantitative estimate of drug-likeness (QED) is 0.846. The Morgan fingerprint density at radius 3 is 2.67 bits per heavy atom. The second-order valence-electron chi connectivity index (χ2n) is 4.53. The number of pyridine rings is 1. The number of aromatic nitrogens is 1. The number of nitrogens with zero attached hydrogens (tertiary/aromatic N) is 2. The molecule has 1 aromatic carbocycles. The molecule has 0 amide bonds. The number of sulfonamides is 1. The minimum atomic E-state index is -3.61. The van der Waals surface area contributed by atoms with Crippen molar-refractivity contribution in [2.75, 3.05) is 19.9 Å². The highest BCUT2D eigenvalue weighted by Crippen LogP contribution is 2.26. The van der Waals surface area contributed by atoms with Gasteiger partial charge in [-0.25, -0.2) is 8.42 Å².